The van der Waals surface area contributed by atoms with Gasteiger partial charge in [0, 0.05) is 30.0 Å². The van der Waals surface area contributed by atoms with Gasteiger partial charge in [-0.25, -0.2) is 0 Å². The van der Waals surface area contributed by atoms with Crippen molar-refractivity contribution in [1.29, 1.82) is 0 Å². The first kappa shape index (κ1) is 17.5. The van der Waals surface area contributed by atoms with Crippen LogP contribution in [0.5, 0.6) is 5.75 Å². The third kappa shape index (κ3) is 4.23. The molecule has 1 aromatic heterocycles. The third-order valence-electron chi connectivity index (χ3n) is 4.41. The van der Waals surface area contributed by atoms with Gasteiger partial charge in [-0.3, -0.25) is 9.78 Å². The Morgan fingerprint density at radius 1 is 1.36 bits per heavy atom. The van der Waals surface area contributed by atoms with Crippen molar-refractivity contribution >= 4 is 28.9 Å². The van der Waals surface area contributed by atoms with Crippen LogP contribution in [0.1, 0.15) is 30.3 Å². The molecule has 2 heterocycles. The highest BCUT2D eigenvalue weighted by molar-refractivity contribution is 6.31. The summed E-state index contributed by atoms with van der Waals surface area (Å²) in [5, 5.41) is 3.36. The average Bonchev–Trinajstić information content (AvgIpc) is 2.62. The molecule has 1 saturated heterocycles. The van der Waals surface area contributed by atoms with Crippen molar-refractivity contribution < 1.29 is 9.53 Å². The molecule has 5 nitrogen and oxygen atoms in total. The summed E-state index contributed by atoms with van der Waals surface area (Å²) in [5.41, 5.74) is 1.93. The molecule has 1 atom stereocenters. The minimum atomic E-state index is -0.285. The number of amides is 1. The van der Waals surface area contributed by atoms with Crippen LogP contribution in [-0.4, -0.2) is 31.1 Å². The quantitative estimate of drug-likeness (QED) is 0.887. The number of hydrogen-bond donors (Lipinski definition) is 1. The van der Waals surface area contributed by atoms with Gasteiger partial charge < -0.3 is 15.0 Å². The number of aromatic nitrogens is 1. The van der Waals surface area contributed by atoms with E-state index in [1.165, 1.54) is 12.8 Å². The Labute approximate surface area is 153 Å². The van der Waals surface area contributed by atoms with E-state index in [0.29, 0.717) is 28.1 Å². The molecule has 2 aromatic rings. The van der Waals surface area contributed by atoms with Crippen LogP contribution in [0.3, 0.4) is 0 Å². The molecule has 0 aliphatic carbocycles. The number of hydrogen-bond acceptors (Lipinski definition) is 4. The van der Waals surface area contributed by atoms with Crippen LogP contribution < -0.4 is 15.0 Å². The van der Waals surface area contributed by atoms with Crippen LogP contribution >= 0.6 is 11.6 Å². The highest BCUT2D eigenvalue weighted by Gasteiger charge is 2.18. The lowest BCUT2D eigenvalue weighted by Gasteiger charge is -2.32. The molecular weight excluding hydrogens is 338 g/mol. The molecular formula is C19H22ClN3O2. The van der Waals surface area contributed by atoms with Crippen molar-refractivity contribution in [3.63, 3.8) is 0 Å². The molecule has 0 spiro atoms. The summed E-state index contributed by atoms with van der Waals surface area (Å²) >= 11 is 6.01. The molecule has 3 rings (SSSR count). The number of methoxy groups -OCH3 is 1. The smallest absolute Gasteiger partial charge is 0.274 e. The minimum Gasteiger partial charge on any atom is -0.495 e. The zero-order valence-corrected chi connectivity index (χ0v) is 15.2. The zero-order chi connectivity index (χ0) is 17.8. The van der Waals surface area contributed by atoms with Crippen molar-refractivity contribution in [3.05, 3.63) is 47.2 Å². The van der Waals surface area contributed by atoms with Crippen LogP contribution in [0.4, 0.5) is 11.4 Å². The van der Waals surface area contributed by atoms with Crippen LogP contribution in [0.25, 0.3) is 0 Å². The number of anilines is 2. The van der Waals surface area contributed by atoms with E-state index >= 15 is 0 Å². The lowest BCUT2D eigenvalue weighted by atomic mass is 10.00. The predicted molar refractivity (Wildman–Crippen MR) is 101 cm³/mol. The maximum atomic E-state index is 12.6. The van der Waals surface area contributed by atoms with Gasteiger partial charge in [0.2, 0.25) is 0 Å². The topological polar surface area (TPSA) is 54.5 Å². The maximum Gasteiger partial charge on any atom is 0.274 e. The van der Waals surface area contributed by atoms with Gasteiger partial charge in [-0.05, 0) is 49.1 Å². The molecule has 1 amide bonds. The Morgan fingerprint density at radius 3 is 2.96 bits per heavy atom. The summed E-state index contributed by atoms with van der Waals surface area (Å²) in [6, 6.07) is 8.89. The van der Waals surface area contributed by atoms with E-state index in [1.54, 1.807) is 31.5 Å². The second kappa shape index (κ2) is 7.74. The van der Waals surface area contributed by atoms with E-state index in [0.717, 1.165) is 18.8 Å². The molecule has 1 unspecified atom stereocenters. The van der Waals surface area contributed by atoms with E-state index in [1.807, 2.05) is 12.1 Å². The van der Waals surface area contributed by atoms with Crippen molar-refractivity contribution in [2.24, 2.45) is 5.92 Å². The lowest BCUT2D eigenvalue weighted by Crippen LogP contribution is -2.34. The largest absolute Gasteiger partial charge is 0.495 e. The van der Waals surface area contributed by atoms with Gasteiger partial charge in [0.1, 0.15) is 11.4 Å². The van der Waals surface area contributed by atoms with Gasteiger partial charge in [0.05, 0.1) is 12.8 Å². The van der Waals surface area contributed by atoms with Crippen LogP contribution in [0.15, 0.2) is 36.5 Å². The molecule has 0 bridgehead atoms. The van der Waals surface area contributed by atoms with Crippen LogP contribution in [-0.2, 0) is 0 Å². The first-order chi connectivity index (χ1) is 12.1. The number of pyridine rings is 1. The molecule has 1 fully saturated rings. The Kier molecular flexibility index (Phi) is 5.43. The Balaban J connectivity index is 1.79. The summed E-state index contributed by atoms with van der Waals surface area (Å²) in [5.74, 6) is 0.932. The number of carbonyl (C=O) groups excluding carboxylic acids is 1. The highest BCUT2D eigenvalue weighted by Crippen LogP contribution is 2.28. The van der Waals surface area contributed by atoms with Crippen molar-refractivity contribution in [2.45, 2.75) is 19.8 Å². The second-order valence-electron chi connectivity index (χ2n) is 6.39. The van der Waals surface area contributed by atoms with Crippen molar-refractivity contribution in [2.75, 3.05) is 30.4 Å². The fourth-order valence-corrected chi connectivity index (χ4v) is 3.30. The Morgan fingerprint density at radius 2 is 2.20 bits per heavy atom. The van der Waals surface area contributed by atoms with Gasteiger partial charge >= 0.3 is 0 Å². The van der Waals surface area contributed by atoms with Gasteiger partial charge in [-0.15, -0.1) is 0 Å². The zero-order valence-electron chi connectivity index (χ0n) is 14.5. The summed E-state index contributed by atoms with van der Waals surface area (Å²) < 4.78 is 5.27. The Hall–Kier alpha value is -2.27. The number of ether oxygens (including phenoxy) is 1. The van der Waals surface area contributed by atoms with E-state index in [9.17, 15) is 4.79 Å². The van der Waals surface area contributed by atoms with Crippen molar-refractivity contribution in [3.8, 4) is 5.75 Å². The molecule has 25 heavy (non-hydrogen) atoms. The maximum absolute atomic E-state index is 12.6. The van der Waals surface area contributed by atoms with Crippen molar-refractivity contribution in [1.82, 2.24) is 4.98 Å². The normalized spacial score (nSPS) is 17.2. The summed E-state index contributed by atoms with van der Waals surface area (Å²) in [6.45, 7) is 4.27. The van der Waals surface area contributed by atoms with Crippen LogP contribution in [0, 0.1) is 5.92 Å². The number of rotatable bonds is 4. The summed E-state index contributed by atoms with van der Waals surface area (Å²) in [7, 11) is 1.55. The van der Waals surface area contributed by atoms with Gasteiger partial charge in [-0.1, -0.05) is 18.5 Å². The van der Waals surface area contributed by atoms with E-state index in [2.05, 4.69) is 22.1 Å². The first-order valence-corrected chi connectivity index (χ1v) is 8.80. The SMILES string of the molecule is COc1ccc(Cl)cc1NC(=O)c1cc(N2CCCC(C)C2)ccn1. The molecule has 0 radical (unpaired) electrons. The van der Waals surface area contributed by atoms with Crippen LogP contribution in [0.2, 0.25) is 5.02 Å². The highest BCUT2D eigenvalue weighted by atomic mass is 35.5. The molecule has 1 aliphatic heterocycles. The molecule has 1 N–H and O–H groups in total. The molecule has 1 aromatic carbocycles. The van der Waals surface area contributed by atoms with Gasteiger partial charge in [0.25, 0.3) is 5.91 Å². The fourth-order valence-electron chi connectivity index (χ4n) is 3.13. The minimum absolute atomic E-state index is 0.285. The fraction of sp³-hybridized carbons (Fsp3) is 0.368. The molecule has 132 valence electrons. The second-order valence-corrected chi connectivity index (χ2v) is 6.83. The number of nitrogens with zero attached hydrogens (tertiary/aromatic N) is 2. The number of nitrogens with one attached hydrogen (secondary N) is 1. The summed E-state index contributed by atoms with van der Waals surface area (Å²) in [4.78, 5) is 19.1. The van der Waals surface area contributed by atoms with Gasteiger partial charge in [-0.2, -0.15) is 0 Å². The molecule has 0 saturated carbocycles. The average molecular weight is 360 g/mol. The number of carbonyl (C=O) groups is 1. The number of piperidine rings is 1. The first-order valence-electron chi connectivity index (χ1n) is 8.42. The van der Waals surface area contributed by atoms with E-state index in [-0.39, 0.29) is 5.91 Å². The lowest BCUT2D eigenvalue weighted by molar-refractivity contribution is 0.102. The standard InChI is InChI=1S/C19H22ClN3O2/c1-13-4-3-9-23(12-13)15-7-8-21-17(11-15)19(24)22-16-10-14(20)5-6-18(16)25-2/h5-8,10-11,13H,3-4,9,12H2,1-2H3,(H,22,24). The van der Waals surface area contributed by atoms with Gasteiger partial charge in [0.15, 0.2) is 0 Å². The number of halogens is 1. The number of benzene rings is 1. The predicted octanol–water partition coefficient (Wildman–Crippen LogP) is 4.23. The van der Waals surface area contributed by atoms with E-state index in [4.69, 9.17) is 16.3 Å². The Bertz CT molecular complexity index is 766. The molecule has 1 aliphatic rings. The summed E-state index contributed by atoms with van der Waals surface area (Å²) in [6.07, 6.45) is 4.10. The third-order valence-corrected chi connectivity index (χ3v) is 4.64. The monoisotopic (exact) mass is 359 g/mol. The van der Waals surface area contributed by atoms with E-state index < -0.39 is 0 Å². The molecule has 6 heteroatoms.